The topological polar surface area (TPSA) is 105 Å². The van der Waals surface area contributed by atoms with E-state index in [0.29, 0.717) is 0 Å². The summed E-state index contributed by atoms with van der Waals surface area (Å²) in [6.45, 7) is 0. The van der Waals surface area contributed by atoms with Crippen molar-refractivity contribution in [3.63, 3.8) is 0 Å². The number of rotatable bonds is 4. The van der Waals surface area contributed by atoms with Crippen molar-refractivity contribution in [1.29, 1.82) is 0 Å². The van der Waals surface area contributed by atoms with E-state index in [2.05, 4.69) is 9.88 Å². The minimum atomic E-state index is -3.86. The molecule has 8 heteroatoms. The average molecular weight is 309 g/mol. The molecule has 0 aliphatic carbocycles. The minimum absolute atomic E-state index is 0.00977. The number of anilines is 1. The zero-order chi connectivity index (χ0) is 15.5. The summed E-state index contributed by atoms with van der Waals surface area (Å²) in [5, 5.41) is 11.4. The van der Waals surface area contributed by atoms with Gasteiger partial charge >= 0.3 is 0 Å². The molecule has 0 amide bonds. The van der Waals surface area contributed by atoms with Crippen LogP contribution in [0.4, 0.5) is 10.1 Å². The Bertz CT molecular complexity index is 777. The molecule has 21 heavy (non-hydrogen) atoms. The summed E-state index contributed by atoms with van der Waals surface area (Å²) in [7, 11) is -3.86. The number of sulfonamides is 1. The molecule has 6 nitrogen and oxygen atoms in total. The molecule has 0 saturated carbocycles. The summed E-state index contributed by atoms with van der Waals surface area (Å²) < 4.78 is 39.9. The van der Waals surface area contributed by atoms with Crippen molar-refractivity contribution < 1.29 is 18.0 Å². The Labute approximate surface area is 120 Å². The molecule has 2 rings (SSSR count). The van der Waals surface area contributed by atoms with Crippen molar-refractivity contribution in [2.75, 3.05) is 4.72 Å². The molecule has 110 valence electrons. The predicted octanol–water partition coefficient (Wildman–Crippen LogP) is 1.72. The summed E-state index contributed by atoms with van der Waals surface area (Å²) >= 11 is 0. The minimum Gasteiger partial charge on any atom is -0.409 e. The van der Waals surface area contributed by atoms with E-state index in [1.807, 2.05) is 0 Å². The van der Waals surface area contributed by atoms with E-state index in [9.17, 15) is 12.8 Å². The Morgan fingerprint density at radius 1 is 1.19 bits per heavy atom. The van der Waals surface area contributed by atoms with E-state index in [-0.39, 0.29) is 16.1 Å². The zero-order valence-corrected chi connectivity index (χ0v) is 11.5. The molecule has 0 fully saturated rings. The van der Waals surface area contributed by atoms with Crippen molar-refractivity contribution in [2.45, 2.75) is 4.90 Å². The largest absolute Gasteiger partial charge is 0.409 e. The molecule has 0 unspecified atom stereocenters. The lowest BCUT2D eigenvalue weighted by molar-refractivity contribution is 0.318. The van der Waals surface area contributed by atoms with Crippen molar-refractivity contribution in [3.05, 3.63) is 59.9 Å². The first kappa shape index (κ1) is 14.8. The number of nitrogens with two attached hydrogens (primary N) is 1. The number of amidine groups is 1. The molecule has 0 atom stereocenters. The molecule has 0 aliphatic rings. The molecule has 0 heterocycles. The van der Waals surface area contributed by atoms with Crippen molar-refractivity contribution in [1.82, 2.24) is 0 Å². The maximum atomic E-state index is 13.2. The molecule has 2 aromatic carbocycles. The number of nitrogens with zero attached hydrogens (tertiary/aromatic N) is 1. The summed E-state index contributed by atoms with van der Waals surface area (Å²) in [6, 6.07) is 10.9. The van der Waals surface area contributed by atoms with Gasteiger partial charge in [-0.2, -0.15) is 0 Å². The lowest BCUT2D eigenvalue weighted by atomic mass is 10.1. The summed E-state index contributed by atoms with van der Waals surface area (Å²) in [6.07, 6.45) is 0. The van der Waals surface area contributed by atoms with Crippen LogP contribution in [-0.4, -0.2) is 19.5 Å². The van der Waals surface area contributed by atoms with E-state index in [0.717, 1.165) is 12.1 Å². The fraction of sp³-hybridized carbons (Fsp3) is 0. The van der Waals surface area contributed by atoms with Crippen LogP contribution in [0.2, 0.25) is 0 Å². The number of benzene rings is 2. The van der Waals surface area contributed by atoms with Gasteiger partial charge in [0.25, 0.3) is 10.0 Å². The number of oxime groups is 1. The number of hydrogen-bond donors (Lipinski definition) is 3. The van der Waals surface area contributed by atoms with Crippen LogP contribution < -0.4 is 10.5 Å². The Morgan fingerprint density at radius 2 is 1.86 bits per heavy atom. The molecule has 0 aliphatic heterocycles. The third-order valence-electron chi connectivity index (χ3n) is 2.66. The summed E-state index contributed by atoms with van der Waals surface area (Å²) in [4.78, 5) is 0.0415. The van der Waals surface area contributed by atoms with Gasteiger partial charge in [0.2, 0.25) is 0 Å². The van der Waals surface area contributed by atoms with Gasteiger partial charge in [-0.05, 0) is 30.3 Å². The second-order valence-electron chi connectivity index (χ2n) is 4.09. The smallest absolute Gasteiger partial charge is 0.261 e. The highest BCUT2D eigenvalue weighted by Gasteiger charge is 2.17. The van der Waals surface area contributed by atoms with Crippen molar-refractivity contribution >= 4 is 21.5 Å². The highest BCUT2D eigenvalue weighted by atomic mass is 32.2. The van der Waals surface area contributed by atoms with Crippen LogP contribution in [-0.2, 0) is 10.0 Å². The van der Waals surface area contributed by atoms with Gasteiger partial charge < -0.3 is 10.9 Å². The highest BCUT2D eigenvalue weighted by Crippen LogP contribution is 2.21. The highest BCUT2D eigenvalue weighted by molar-refractivity contribution is 7.92. The second kappa shape index (κ2) is 5.80. The van der Waals surface area contributed by atoms with Crippen LogP contribution in [0, 0.1) is 5.82 Å². The van der Waals surface area contributed by atoms with Crippen molar-refractivity contribution in [2.24, 2.45) is 10.9 Å². The first-order valence-electron chi connectivity index (χ1n) is 5.79. The van der Waals surface area contributed by atoms with Crippen molar-refractivity contribution in [3.8, 4) is 0 Å². The van der Waals surface area contributed by atoms with Gasteiger partial charge in [0.05, 0.1) is 10.6 Å². The molecular formula is C13H12FN3O3S. The van der Waals surface area contributed by atoms with Gasteiger partial charge in [0.1, 0.15) is 5.82 Å². The van der Waals surface area contributed by atoms with E-state index in [1.165, 1.54) is 18.2 Å². The molecule has 0 radical (unpaired) electrons. The molecule has 0 spiro atoms. The molecule has 2 aromatic rings. The molecule has 0 bridgehead atoms. The van der Waals surface area contributed by atoms with Gasteiger partial charge in [-0.25, -0.2) is 12.8 Å². The van der Waals surface area contributed by atoms with Gasteiger partial charge in [-0.1, -0.05) is 23.4 Å². The van der Waals surface area contributed by atoms with Crippen LogP contribution in [0.25, 0.3) is 0 Å². The molecular weight excluding hydrogens is 297 g/mol. The fourth-order valence-corrected chi connectivity index (χ4v) is 2.78. The number of hydrogen-bond acceptors (Lipinski definition) is 4. The first-order chi connectivity index (χ1) is 9.94. The second-order valence-corrected chi connectivity index (χ2v) is 5.78. The summed E-state index contributed by atoms with van der Waals surface area (Å²) in [5.74, 6) is -1.04. The maximum absolute atomic E-state index is 13.2. The Hall–Kier alpha value is -2.61. The lowest BCUT2D eigenvalue weighted by Crippen LogP contribution is -2.19. The fourth-order valence-electron chi connectivity index (χ4n) is 1.67. The third-order valence-corrected chi connectivity index (χ3v) is 4.04. The van der Waals surface area contributed by atoms with Gasteiger partial charge in [0.15, 0.2) is 5.84 Å². The molecule has 0 saturated heterocycles. The SMILES string of the molecule is N/C(=N/O)c1cc(F)ccc1NS(=O)(=O)c1ccccc1. The molecule has 0 aromatic heterocycles. The maximum Gasteiger partial charge on any atom is 0.261 e. The number of nitrogens with one attached hydrogen (secondary N) is 1. The Kier molecular flexibility index (Phi) is 4.08. The van der Waals surface area contributed by atoms with Crippen LogP contribution >= 0.6 is 0 Å². The van der Waals surface area contributed by atoms with Crippen LogP contribution in [0.5, 0.6) is 0 Å². The van der Waals surface area contributed by atoms with Crippen LogP contribution in [0.3, 0.4) is 0 Å². The standard InChI is InChI=1S/C13H12FN3O3S/c14-9-6-7-12(11(8-9)13(15)16-18)17-21(19,20)10-4-2-1-3-5-10/h1-8,17-18H,(H2,15,16). The monoisotopic (exact) mass is 309 g/mol. The quantitative estimate of drug-likeness (QED) is 0.346. The van der Waals surface area contributed by atoms with Crippen LogP contribution in [0.1, 0.15) is 5.56 Å². The Morgan fingerprint density at radius 3 is 2.48 bits per heavy atom. The van der Waals surface area contributed by atoms with E-state index in [1.54, 1.807) is 18.2 Å². The normalized spacial score (nSPS) is 12.1. The summed E-state index contributed by atoms with van der Waals surface area (Å²) in [5.41, 5.74) is 5.37. The van der Waals surface area contributed by atoms with Gasteiger partial charge in [-0.15, -0.1) is 0 Å². The first-order valence-corrected chi connectivity index (χ1v) is 7.27. The number of halogens is 1. The van der Waals surface area contributed by atoms with Crippen LogP contribution in [0.15, 0.2) is 58.6 Å². The molecule has 4 N–H and O–H groups in total. The predicted molar refractivity (Wildman–Crippen MR) is 76.2 cm³/mol. The average Bonchev–Trinajstić information content (AvgIpc) is 2.49. The van der Waals surface area contributed by atoms with E-state index < -0.39 is 21.7 Å². The van der Waals surface area contributed by atoms with E-state index in [4.69, 9.17) is 10.9 Å². The zero-order valence-electron chi connectivity index (χ0n) is 10.7. The van der Waals surface area contributed by atoms with E-state index >= 15 is 0 Å². The van der Waals surface area contributed by atoms with Gasteiger partial charge in [0, 0.05) is 5.56 Å². The Balaban J connectivity index is 2.45. The third kappa shape index (κ3) is 3.29. The lowest BCUT2D eigenvalue weighted by Gasteiger charge is -2.12. The van der Waals surface area contributed by atoms with Gasteiger partial charge in [-0.3, -0.25) is 4.72 Å².